The van der Waals surface area contributed by atoms with Crippen LogP contribution in [0.4, 0.5) is 0 Å². The largest absolute Gasteiger partial charge is 0.418 e. The van der Waals surface area contributed by atoms with E-state index in [0.29, 0.717) is 11.8 Å². The number of rotatable bonds is 6. The van der Waals surface area contributed by atoms with Crippen molar-refractivity contribution < 1.29 is 4.42 Å². The van der Waals surface area contributed by atoms with Crippen LogP contribution in [0.1, 0.15) is 44.2 Å². The third-order valence-electron chi connectivity index (χ3n) is 2.84. The topological polar surface area (TPSA) is 51.0 Å². The van der Waals surface area contributed by atoms with Crippen LogP contribution in [0.15, 0.2) is 15.9 Å². The highest BCUT2D eigenvalue weighted by atomic mass is 32.1. The minimum Gasteiger partial charge on any atom is -0.418 e. The molecule has 1 unspecified atom stereocenters. The van der Waals surface area contributed by atoms with Crippen LogP contribution in [0.5, 0.6) is 0 Å². The van der Waals surface area contributed by atoms with Gasteiger partial charge in [-0.05, 0) is 43.3 Å². The van der Waals surface area contributed by atoms with Crippen molar-refractivity contribution in [1.29, 1.82) is 0 Å². The third-order valence-corrected chi connectivity index (χ3v) is 3.85. The molecular formula is C13H19N3OS. The van der Waals surface area contributed by atoms with Gasteiger partial charge in [-0.15, -0.1) is 21.5 Å². The van der Waals surface area contributed by atoms with Crippen LogP contribution in [0.25, 0.3) is 10.8 Å². The van der Waals surface area contributed by atoms with E-state index < -0.39 is 0 Å². The van der Waals surface area contributed by atoms with Gasteiger partial charge < -0.3 is 9.73 Å². The van der Waals surface area contributed by atoms with Crippen molar-refractivity contribution in [2.75, 3.05) is 6.54 Å². The average Bonchev–Trinajstić information content (AvgIpc) is 2.99. The minimum atomic E-state index is 0.159. The molecule has 2 heterocycles. The summed E-state index contributed by atoms with van der Waals surface area (Å²) in [6.07, 6.45) is 2.05. The van der Waals surface area contributed by atoms with E-state index in [4.69, 9.17) is 4.42 Å². The van der Waals surface area contributed by atoms with Crippen molar-refractivity contribution in [2.24, 2.45) is 0 Å². The van der Waals surface area contributed by atoms with E-state index in [1.807, 2.05) is 5.38 Å². The van der Waals surface area contributed by atoms with E-state index in [1.54, 1.807) is 11.3 Å². The van der Waals surface area contributed by atoms with Crippen LogP contribution < -0.4 is 5.32 Å². The molecule has 4 nitrogen and oxygen atoms in total. The fourth-order valence-corrected chi connectivity index (χ4v) is 2.63. The van der Waals surface area contributed by atoms with Gasteiger partial charge in [-0.3, -0.25) is 0 Å². The molecule has 98 valence electrons. The smallest absolute Gasteiger partial charge is 0.258 e. The zero-order valence-electron chi connectivity index (χ0n) is 11.1. The van der Waals surface area contributed by atoms with Crippen molar-refractivity contribution in [2.45, 2.75) is 39.7 Å². The lowest BCUT2D eigenvalue weighted by atomic mass is 10.2. The molecular weight excluding hydrogens is 246 g/mol. The van der Waals surface area contributed by atoms with Crippen LogP contribution in [-0.2, 0) is 0 Å². The molecule has 0 aliphatic heterocycles. The van der Waals surface area contributed by atoms with Crippen LogP contribution in [0.2, 0.25) is 0 Å². The highest BCUT2D eigenvalue weighted by Gasteiger charge is 2.18. The molecule has 0 saturated heterocycles. The van der Waals surface area contributed by atoms with Gasteiger partial charge in [0.25, 0.3) is 5.89 Å². The van der Waals surface area contributed by atoms with Gasteiger partial charge >= 0.3 is 0 Å². The highest BCUT2D eigenvalue weighted by molar-refractivity contribution is 7.13. The zero-order chi connectivity index (χ0) is 13.0. The first kappa shape index (κ1) is 13.2. The maximum Gasteiger partial charge on any atom is 0.258 e. The zero-order valence-corrected chi connectivity index (χ0v) is 11.9. The second-order valence-corrected chi connectivity index (χ2v) is 5.21. The lowest BCUT2D eigenvalue weighted by molar-refractivity contribution is 0.396. The van der Waals surface area contributed by atoms with Gasteiger partial charge in [-0.25, -0.2) is 0 Å². The Morgan fingerprint density at radius 3 is 2.83 bits per heavy atom. The highest BCUT2D eigenvalue weighted by Crippen LogP contribution is 2.29. The van der Waals surface area contributed by atoms with E-state index in [1.165, 1.54) is 5.56 Å². The first-order chi connectivity index (χ1) is 8.76. The summed E-state index contributed by atoms with van der Waals surface area (Å²) in [6, 6.07) is 2.22. The number of nitrogens with one attached hydrogen (secondary N) is 1. The molecule has 18 heavy (non-hydrogen) atoms. The van der Waals surface area contributed by atoms with Gasteiger partial charge in [0.15, 0.2) is 0 Å². The molecule has 0 bridgehead atoms. The molecule has 0 amide bonds. The molecule has 1 atom stereocenters. The summed E-state index contributed by atoms with van der Waals surface area (Å²) in [4.78, 5) is 1.07. The Bertz CT molecular complexity index is 492. The van der Waals surface area contributed by atoms with Crippen LogP contribution in [-0.4, -0.2) is 16.7 Å². The van der Waals surface area contributed by atoms with Gasteiger partial charge in [0, 0.05) is 0 Å². The summed E-state index contributed by atoms with van der Waals surface area (Å²) in [7, 11) is 0. The van der Waals surface area contributed by atoms with Gasteiger partial charge in [0.1, 0.15) is 0 Å². The fourth-order valence-electron chi connectivity index (χ4n) is 1.78. The molecule has 1 N–H and O–H groups in total. The monoisotopic (exact) mass is 265 g/mol. The van der Waals surface area contributed by atoms with E-state index in [9.17, 15) is 0 Å². The molecule has 0 saturated carbocycles. The molecule has 0 aliphatic carbocycles. The maximum atomic E-state index is 5.78. The number of thiophene rings is 1. The standard InChI is InChI=1S/C13H19N3OS/c1-4-7-14-10(5-2)12-15-16-13(17-12)11-9(3)6-8-18-11/h6,8,10,14H,4-5,7H2,1-3H3. The Morgan fingerprint density at radius 1 is 1.39 bits per heavy atom. The summed E-state index contributed by atoms with van der Waals surface area (Å²) in [6.45, 7) is 7.29. The van der Waals surface area contributed by atoms with Crippen molar-refractivity contribution >= 4 is 11.3 Å². The van der Waals surface area contributed by atoms with Crippen molar-refractivity contribution in [3.63, 3.8) is 0 Å². The van der Waals surface area contributed by atoms with Crippen molar-refractivity contribution in [3.05, 3.63) is 22.9 Å². The first-order valence-corrected chi connectivity index (χ1v) is 7.25. The van der Waals surface area contributed by atoms with Gasteiger partial charge in [0.2, 0.25) is 5.89 Å². The van der Waals surface area contributed by atoms with E-state index in [-0.39, 0.29) is 6.04 Å². The first-order valence-electron chi connectivity index (χ1n) is 6.37. The van der Waals surface area contributed by atoms with Gasteiger partial charge in [-0.1, -0.05) is 13.8 Å². The Kier molecular flexibility index (Phi) is 4.49. The normalized spacial score (nSPS) is 12.8. The summed E-state index contributed by atoms with van der Waals surface area (Å²) in [5, 5.41) is 13.8. The number of nitrogens with zero attached hydrogens (tertiary/aromatic N) is 2. The molecule has 2 aromatic heterocycles. The number of hydrogen-bond acceptors (Lipinski definition) is 5. The second-order valence-electron chi connectivity index (χ2n) is 4.29. The maximum absolute atomic E-state index is 5.78. The number of aryl methyl sites for hydroxylation is 1. The summed E-state index contributed by atoms with van der Waals surface area (Å²) < 4.78 is 5.78. The summed E-state index contributed by atoms with van der Waals surface area (Å²) >= 11 is 1.64. The molecule has 0 radical (unpaired) electrons. The summed E-state index contributed by atoms with van der Waals surface area (Å²) in [5.41, 5.74) is 1.18. The summed E-state index contributed by atoms with van der Waals surface area (Å²) in [5.74, 6) is 1.32. The van der Waals surface area contributed by atoms with Gasteiger partial charge in [-0.2, -0.15) is 0 Å². The Labute approximate surface area is 111 Å². The molecule has 0 fully saturated rings. The molecule has 0 spiro atoms. The Hall–Kier alpha value is -1.20. The Morgan fingerprint density at radius 2 is 2.22 bits per heavy atom. The second kappa shape index (κ2) is 6.11. The Balaban J connectivity index is 2.16. The fraction of sp³-hybridized carbons (Fsp3) is 0.538. The van der Waals surface area contributed by atoms with E-state index >= 15 is 0 Å². The quantitative estimate of drug-likeness (QED) is 0.867. The van der Waals surface area contributed by atoms with Crippen LogP contribution in [0.3, 0.4) is 0 Å². The lowest BCUT2D eigenvalue weighted by Gasteiger charge is -2.11. The molecule has 0 aliphatic rings. The average molecular weight is 265 g/mol. The van der Waals surface area contributed by atoms with Crippen LogP contribution >= 0.6 is 11.3 Å². The van der Waals surface area contributed by atoms with Gasteiger partial charge in [0.05, 0.1) is 10.9 Å². The van der Waals surface area contributed by atoms with Crippen LogP contribution in [0, 0.1) is 6.92 Å². The van der Waals surface area contributed by atoms with Crippen molar-refractivity contribution in [1.82, 2.24) is 15.5 Å². The third kappa shape index (κ3) is 2.79. The molecule has 2 aromatic rings. The number of aromatic nitrogens is 2. The predicted octanol–water partition coefficient (Wildman–Crippen LogP) is 3.56. The minimum absolute atomic E-state index is 0.159. The van der Waals surface area contributed by atoms with E-state index in [2.05, 4.69) is 42.4 Å². The lowest BCUT2D eigenvalue weighted by Crippen LogP contribution is -2.21. The molecule has 5 heteroatoms. The van der Waals surface area contributed by atoms with E-state index in [0.717, 1.165) is 24.3 Å². The molecule has 2 rings (SSSR count). The van der Waals surface area contributed by atoms with Crippen molar-refractivity contribution in [3.8, 4) is 10.8 Å². The molecule has 0 aromatic carbocycles. The SMILES string of the molecule is CCCNC(CC)c1nnc(-c2sccc2C)o1. The predicted molar refractivity (Wildman–Crippen MR) is 73.7 cm³/mol. The number of hydrogen-bond donors (Lipinski definition) is 1.